The molecular formula is C12H22O. The Morgan fingerprint density at radius 1 is 1.38 bits per heavy atom. The quantitative estimate of drug-likeness (QED) is 0.433. The number of ketones is 1. The van der Waals surface area contributed by atoms with Crippen molar-refractivity contribution in [3.63, 3.8) is 0 Å². The minimum atomic E-state index is 0.175. The highest BCUT2D eigenvalue weighted by Gasteiger charge is 2.11. The van der Waals surface area contributed by atoms with E-state index in [1.807, 2.05) is 13.8 Å². The molecule has 0 N–H and O–H groups in total. The molecule has 0 fully saturated rings. The van der Waals surface area contributed by atoms with E-state index in [9.17, 15) is 4.79 Å². The zero-order valence-corrected chi connectivity index (χ0v) is 9.23. The maximum atomic E-state index is 11.5. The zero-order valence-electron chi connectivity index (χ0n) is 9.23. The van der Waals surface area contributed by atoms with Crippen LogP contribution >= 0.6 is 0 Å². The molecular weight excluding hydrogens is 160 g/mol. The molecule has 76 valence electrons. The fourth-order valence-electron chi connectivity index (χ4n) is 1.43. The zero-order chi connectivity index (χ0) is 10.3. The molecule has 0 rings (SSSR count). The second-order valence-corrected chi connectivity index (χ2v) is 3.99. The van der Waals surface area contributed by atoms with Crippen LogP contribution in [-0.4, -0.2) is 5.78 Å². The van der Waals surface area contributed by atoms with Crippen molar-refractivity contribution < 1.29 is 4.79 Å². The summed E-state index contributed by atoms with van der Waals surface area (Å²) in [6.45, 7) is 9.96. The molecule has 0 spiro atoms. The number of rotatable bonds is 7. The van der Waals surface area contributed by atoms with Crippen molar-refractivity contribution in [2.24, 2.45) is 5.92 Å². The van der Waals surface area contributed by atoms with Crippen LogP contribution in [0.5, 0.6) is 0 Å². The molecule has 1 atom stereocenters. The van der Waals surface area contributed by atoms with Gasteiger partial charge in [0, 0.05) is 12.3 Å². The SMILES string of the molecule is C=C(C)CC(C)C(=O)CCCCC. The van der Waals surface area contributed by atoms with Gasteiger partial charge in [0.05, 0.1) is 0 Å². The second-order valence-electron chi connectivity index (χ2n) is 3.99. The number of allylic oxidation sites excluding steroid dienone is 1. The first kappa shape index (κ1) is 12.4. The number of Topliss-reactive ketones (excluding diaryl/α,β-unsaturated/α-hetero) is 1. The maximum absolute atomic E-state index is 11.5. The van der Waals surface area contributed by atoms with E-state index in [4.69, 9.17) is 0 Å². The lowest BCUT2D eigenvalue weighted by atomic mass is 9.95. The fraction of sp³-hybridized carbons (Fsp3) is 0.750. The molecule has 0 aliphatic rings. The minimum absolute atomic E-state index is 0.175. The van der Waals surface area contributed by atoms with Crippen LogP contribution < -0.4 is 0 Å². The Morgan fingerprint density at radius 3 is 2.46 bits per heavy atom. The monoisotopic (exact) mass is 182 g/mol. The van der Waals surface area contributed by atoms with Crippen LogP contribution in [0.3, 0.4) is 0 Å². The third-order valence-corrected chi connectivity index (χ3v) is 2.23. The topological polar surface area (TPSA) is 17.1 Å². The average Bonchev–Trinajstić information content (AvgIpc) is 2.03. The number of hydrogen-bond acceptors (Lipinski definition) is 1. The number of carbonyl (C=O) groups is 1. The van der Waals surface area contributed by atoms with Gasteiger partial charge in [-0.1, -0.05) is 32.3 Å². The maximum Gasteiger partial charge on any atom is 0.136 e. The Morgan fingerprint density at radius 2 is 2.00 bits per heavy atom. The predicted molar refractivity (Wildman–Crippen MR) is 57.7 cm³/mol. The van der Waals surface area contributed by atoms with E-state index in [-0.39, 0.29) is 5.92 Å². The Labute approximate surface area is 82.2 Å². The summed E-state index contributed by atoms with van der Waals surface area (Å²) in [6.07, 6.45) is 5.01. The molecule has 0 bridgehead atoms. The summed E-state index contributed by atoms with van der Waals surface area (Å²) in [4.78, 5) is 11.5. The second kappa shape index (κ2) is 6.88. The summed E-state index contributed by atoms with van der Waals surface area (Å²) >= 11 is 0. The number of hydrogen-bond donors (Lipinski definition) is 0. The first-order valence-corrected chi connectivity index (χ1v) is 5.25. The molecule has 0 aromatic carbocycles. The lowest BCUT2D eigenvalue weighted by Crippen LogP contribution is -2.10. The summed E-state index contributed by atoms with van der Waals surface area (Å²) in [5.41, 5.74) is 1.11. The standard InChI is InChI=1S/C12H22O/c1-5-6-7-8-12(13)11(4)9-10(2)3/h11H,2,5-9H2,1,3-4H3. The number of carbonyl (C=O) groups excluding carboxylic acids is 1. The van der Waals surface area contributed by atoms with Gasteiger partial charge < -0.3 is 0 Å². The van der Waals surface area contributed by atoms with Crippen molar-refractivity contribution in [3.8, 4) is 0 Å². The molecule has 0 heterocycles. The van der Waals surface area contributed by atoms with Crippen molar-refractivity contribution in [2.75, 3.05) is 0 Å². The van der Waals surface area contributed by atoms with Crippen LogP contribution in [-0.2, 0) is 4.79 Å². The fourth-order valence-corrected chi connectivity index (χ4v) is 1.43. The van der Waals surface area contributed by atoms with Crippen LogP contribution in [0.25, 0.3) is 0 Å². The van der Waals surface area contributed by atoms with E-state index in [0.717, 1.165) is 24.8 Å². The molecule has 0 aromatic heterocycles. The molecule has 0 radical (unpaired) electrons. The molecule has 0 aliphatic carbocycles. The third kappa shape index (κ3) is 6.56. The summed E-state index contributed by atoms with van der Waals surface area (Å²) in [5, 5.41) is 0. The summed E-state index contributed by atoms with van der Waals surface area (Å²) < 4.78 is 0. The van der Waals surface area contributed by atoms with E-state index < -0.39 is 0 Å². The van der Waals surface area contributed by atoms with Gasteiger partial charge in [-0.05, 0) is 19.8 Å². The lowest BCUT2D eigenvalue weighted by molar-refractivity contribution is -0.122. The van der Waals surface area contributed by atoms with Crippen LogP contribution in [0, 0.1) is 5.92 Å². The minimum Gasteiger partial charge on any atom is -0.299 e. The van der Waals surface area contributed by atoms with Gasteiger partial charge in [-0.15, -0.1) is 6.58 Å². The Kier molecular flexibility index (Phi) is 6.56. The number of unbranched alkanes of at least 4 members (excludes halogenated alkanes) is 2. The molecule has 1 heteroatoms. The highest BCUT2D eigenvalue weighted by molar-refractivity contribution is 5.80. The average molecular weight is 182 g/mol. The molecule has 13 heavy (non-hydrogen) atoms. The van der Waals surface area contributed by atoms with Crippen molar-refractivity contribution in [1.29, 1.82) is 0 Å². The lowest BCUT2D eigenvalue weighted by Gasteiger charge is -2.09. The Balaban J connectivity index is 3.63. The summed E-state index contributed by atoms with van der Waals surface area (Å²) in [6, 6.07) is 0. The first-order chi connectivity index (χ1) is 6.07. The van der Waals surface area contributed by atoms with Crippen LogP contribution in [0.4, 0.5) is 0 Å². The summed E-state index contributed by atoms with van der Waals surface area (Å²) in [5.74, 6) is 0.575. The summed E-state index contributed by atoms with van der Waals surface area (Å²) in [7, 11) is 0. The molecule has 0 aliphatic heterocycles. The van der Waals surface area contributed by atoms with Crippen molar-refractivity contribution in [3.05, 3.63) is 12.2 Å². The molecule has 0 aromatic rings. The van der Waals surface area contributed by atoms with Gasteiger partial charge in [0.25, 0.3) is 0 Å². The van der Waals surface area contributed by atoms with E-state index in [0.29, 0.717) is 5.78 Å². The largest absolute Gasteiger partial charge is 0.299 e. The van der Waals surface area contributed by atoms with Gasteiger partial charge in [-0.3, -0.25) is 4.79 Å². The van der Waals surface area contributed by atoms with Crippen molar-refractivity contribution >= 4 is 5.78 Å². The molecule has 1 nitrogen and oxygen atoms in total. The van der Waals surface area contributed by atoms with Crippen LogP contribution in [0.15, 0.2) is 12.2 Å². The van der Waals surface area contributed by atoms with E-state index >= 15 is 0 Å². The van der Waals surface area contributed by atoms with Gasteiger partial charge in [0.1, 0.15) is 5.78 Å². The first-order valence-electron chi connectivity index (χ1n) is 5.25. The Hall–Kier alpha value is -0.590. The van der Waals surface area contributed by atoms with Gasteiger partial charge in [-0.25, -0.2) is 0 Å². The highest BCUT2D eigenvalue weighted by Crippen LogP contribution is 2.13. The van der Waals surface area contributed by atoms with Gasteiger partial charge in [0.15, 0.2) is 0 Å². The Bertz CT molecular complexity index is 170. The predicted octanol–water partition coefficient (Wildman–Crippen LogP) is 3.74. The third-order valence-electron chi connectivity index (χ3n) is 2.23. The van der Waals surface area contributed by atoms with Crippen LogP contribution in [0.1, 0.15) is 52.9 Å². The molecule has 0 saturated carbocycles. The smallest absolute Gasteiger partial charge is 0.136 e. The van der Waals surface area contributed by atoms with Gasteiger partial charge in [0.2, 0.25) is 0 Å². The molecule has 0 amide bonds. The van der Waals surface area contributed by atoms with Crippen LogP contribution in [0.2, 0.25) is 0 Å². The normalized spacial score (nSPS) is 12.5. The van der Waals surface area contributed by atoms with E-state index in [1.165, 1.54) is 12.8 Å². The van der Waals surface area contributed by atoms with Crippen molar-refractivity contribution in [1.82, 2.24) is 0 Å². The van der Waals surface area contributed by atoms with Gasteiger partial charge in [-0.2, -0.15) is 0 Å². The van der Waals surface area contributed by atoms with Crippen molar-refractivity contribution in [2.45, 2.75) is 52.9 Å². The molecule has 1 unspecified atom stereocenters. The van der Waals surface area contributed by atoms with E-state index in [1.54, 1.807) is 0 Å². The highest BCUT2D eigenvalue weighted by atomic mass is 16.1. The molecule has 0 saturated heterocycles. The van der Waals surface area contributed by atoms with E-state index in [2.05, 4.69) is 13.5 Å². The van der Waals surface area contributed by atoms with Gasteiger partial charge >= 0.3 is 0 Å².